The zero-order chi connectivity index (χ0) is 10.8. The third-order valence-electron chi connectivity index (χ3n) is 2.40. The molecular formula is C9H9ClN4O. The first-order valence-corrected chi connectivity index (χ1v) is 4.95. The number of carbonyl (C=O) groups excluding carboxylic acids is 1. The van der Waals surface area contributed by atoms with Crippen LogP contribution >= 0.6 is 11.6 Å². The van der Waals surface area contributed by atoms with E-state index in [9.17, 15) is 4.79 Å². The van der Waals surface area contributed by atoms with E-state index in [0.717, 1.165) is 5.82 Å². The van der Waals surface area contributed by atoms with Crippen LogP contribution < -0.4 is 0 Å². The first-order chi connectivity index (χ1) is 7.22. The first-order valence-electron chi connectivity index (χ1n) is 4.57. The summed E-state index contributed by atoms with van der Waals surface area (Å²) in [6.45, 7) is 1.67. The molecule has 0 bridgehead atoms. The molecule has 1 aliphatic heterocycles. The lowest BCUT2D eigenvalue weighted by Gasteiger charge is -2.27. The van der Waals surface area contributed by atoms with Gasteiger partial charge in [0, 0.05) is 13.1 Å². The molecule has 0 radical (unpaired) electrons. The van der Waals surface area contributed by atoms with E-state index in [4.69, 9.17) is 16.9 Å². The van der Waals surface area contributed by atoms with Crippen LogP contribution in [0, 0.1) is 11.3 Å². The number of halogens is 1. The second-order valence-corrected chi connectivity index (χ2v) is 3.69. The molecule has 0 aromatic carbocycles. The number of amides is 1. The zero-order valence-corrected chi connectivity index (χ0v) is 8.74. The Morgan fingerprint density at radius 3 is 3.20 bits per heavy atom. The summed E-state index contributed by atoms with van der Waals surface area (Å²) in [6, 6.07) is 1.85. The Bertz CT molecular complexity index is 434. The summed E-state index contributed by atoms with van der Waals surface area (Å²) >= 11 is 5.89. The molecule has 15 heavy (non-hydrogen) atoms. The Labute approximate surface area is 91.9 Å². The molecule has 0 saturated carbocycles. The summed E-state index contributed by atoms with van der Waals surface area (Å²) in [7, 11) is 0. The average molecular weight is 225 g/mol. The summed E-state index contributed by atoms with van der Waals surface area (Å²) < 4.78 is 1.87. The zero-order valence-electron chi connectivity index (χ0n) is 7.98. The van der Waals surface area contributed by atoms with Gasteiger partial charge in [-0.05, 0) is 0 Å². The molecule has 1 aromatic rings. The molecule has 78 valence electrons. The second-order valence-electron chi connectivity index (χ2n) is 3.30. The highest BCUT2D eigenvalue weighted by atomic mass is 35.5. The molecule has 0 N–H and O–H groups in total. The van der Waals surface area contributed by atoms with Gasteiger partial charge in [0.1, 0.15) is 17.4 Å². The number of fused-ring (bicyclic) bond motifs is 1. The standard InChI is InChI=1S/C9H9ClN4O/c10-7-5-12-8-6-13(3-4-14(7)8)9(15)1-2-11/h5H,1,3-4,6H2. The molecule has 0 atom stereocenters. The molecular weight excluding hydrogens is 216 g/mol. The normalized spacial score (nSPS) is 14.5. The van der Waals surface area contributed by atoms with Crippen molar-refractivity contribution in [2.45, 2.75) is 19.5 Å². The van der Waals surface area contributed by atoms with Crippen LogP contribution in [-0.4, -0.2) is 26.9 Å². The summed E-state index contributed by atoms with van der Waals surface area (Å²) in [5.41, 5.74) is 0. The molecule has 5 nitrogen and oxygen atoms in total. The van der Waals surface area contributed by atoms with Crippen LogP contribution in [0.1, 0.15) is 12.2 Å². The predicted octanol–water partition coefficient (Wildman–Crippen LogP) is 0.792. The topological polar surface area (TPSA) is 61.9 Å². The minimum atomic E-state index is -0.150. The Morgan fingerprint density at radius 2 is 2.47 bits per heavy atom. The first kappa shape index (κ1) is 9.99. The van der Waals surface area contributed by atoms with E-state index in [-0.39, 0.29) is 12.3 Å². The minimum absolute atomic E-state index is 0.0750. The third kappa shape index (κ3) is 1.81. The maximum Gasteiger partial charge on any atom is 0.237 e. The van der Waals surface area contributed by atoms with Crippen LogP contribution in [0.25, 0.3) is 0 Å². The van der Waals surface area contributed by atoms with Crippen molar-refractivity contribution < 1.29 is 4.79 Å². The number of nitriles is 1. The van der Waals surface area contributed by atoms with Gasteiger partial charge in [0.15, 0.2) is 0 Å². The van der Waals surface area contributed by atoms with Crippen molar-refractivity contribution in [1.82, 2.24) is 14.5 Å². The van der Waals surface area contributed by atoms with Gasteiger partial charge in [-0.15, -0.1) is 0 Å². The van der Waals surface area contributed by atoms with Gasteiger partial charge in [-0.1, -0.05) is 11.6 Å². The minimum Gasteiger partial charge on any atom is -0.333 e. The summed E-state index contributed by atoms with van der Waals surface area (Å²) in [5.74, 6) is 0.625. The lowest BCUT2D eigenvalue weighted by Crippen LogP contribution is -2.38. The Balaban J connectivity index is 2.13. The van der Waals surface area contributed by atoms with Crippen LogP contribution in [0.5, 0.6) is 0 Å². The lowest BCUT2D eigenvalue weighted by molar-refractivity contribution is -0.131. The smallest absolute Gasteiger partial charge is 0.237 e. The van der Waals surface area contributed by atoms with Crippen LogP contribution in [0.2, 0.25) is 5.15 Å². The van der Waals surface area contributed by atoms with Crippen molar-refractivity contribution in [3.05, 3.63) is 17.2 Å². The van der Waals surface area contributed by atoms with Gasteiger partial charge in [-0.25, -0.2) is 4.98 Å². The van der Waals surface area contributed by atoms with E-state index >= 15 is 0 Å². The molecule has 2 rings (SSSR count). The molecule has 0 saturated heterocycles. The average Bonchev–Trinajstić information content (AvgIpc) is 2.60. The molecule has 2 heterocycles. The van der Waals surface area contributed by atoms with E-state index in [1.54, 1.807) is 11.1 Å². The van der Waals surface area contributed by atoms with E-state index in [1.807, 2.05) is 10.6 Å². The molecule has 1 amide bonds. The Hall–Kier alpha value is -1.54. The Kier molecular flexibility index (Phi) is 2.60. The van der Waals surface area contributed by atoms with Gasteiger partial charge < -0.3 is 9.47 Å². The number of hydrogen-bond acceptors (Lipinski definition) is 3. The van der Waals surface area contributed by atoms with E-state index in [2.05, 4.69) is 4.98 Å². The van der Waals surface area contributed by atoms with Crippen LogP contribution in [0.15, 0.2) is 6.20 Å². The fourth-order valence-electron chi connectivity index (χ4n) is 1.62. The Morgan fingerprint density at radius 1 is 1.67 bits per heavy atom. The molecule has 0 fully saturated rings. The molecule has 0 unspecified atom stereocenters. The van der Waals surface area contributed by atoms with Crippen LogP contribution in [0.3, 0.4) is 0 Å². The van der Waals surface area contributed by atoms with E-state index in [1.165, 1.54) is 0 Å². The molecule has 6 heteroatoms. The van der Waals surface area contributed by atoms with Crippen molar-refractivity contribution in [3.8, 4) is 6.07 Å². The fraction of sp³-hybridized carbons (Fsp3) is 0.444. The number of rotatable bonds is 1. The van der Waals surface area contributed by atoms with Crippen molar-refractivity contribution in [1.29, 1.82) is 5.26 Å². The van der Waals surface area contributed by atoms with Crippen molar-refractivity contribution in [2.24, 2.45) is 0 Å². The van der Waals surface area contributed by atoms with Gasteiger partial charge in [0.25, 0.3) is 0 Å². The van der Waals surface area contributed by atoms with Gasteiger partial charge in [0.05, 0.1) is 18.8 Å². The highest BCUT2D eigenvalue weighted by Crippen LogP contribution is 2.17. The number of carbonyl (C=O) groups is 1. The summed E-state index contributed by atoms with van der Waals surface area (Å²) in [5, 5.41) is 9.02. The molecule has 1 aliphatic rings. The highest BCUT2D eigenvalue weighted by molar-refractivity contribution is 6.29. The number of nitrogens with zero attached hydrogens (tertiary/aromatic N) is 4. The van der Waals surface area contributed by atoms with Gasteiger partial charge in [-0.3, -0.25) is 4.79 Å². The number of aromatic nitrogens is 2. The summed E-state index contributed by atoms with van der Waals surface area (Å²) in [4.78, 5) is 17.2. The maximum atomic E-state index is 11.4. The monoisotopic (exact) mass is 224 g/mol. The summed E-state index contributed by atoms with van der Waals surface area (Å²) in [6.07, 6.45) is 1.50. The van der Waals surface area contributed by atoms with E-state index in [0.29, 0.717) is 24.8 Å². The number of hydrogen-bond donors (Lipinski definition) is 0. The highest BCUT2D eigenvalue weighted by Gasteiger charge is 2.22. The molecule has 0 spiro atoms. The predicted molar refractivity (Wildman–Crippen MR) is 52.9 cm³/mol. The van der Waals surface area contributed by atoms with Crippen molar-refractivity contribution in [3.63, 3.8) is 0 Å². The lowest BCUT2D eigenvalue weighted by atomic mass is 10.3. The largest absolute Gasteiger partial charge is 0.333 e. The second kappa shape index (κ2) is 3.91. The quantitative estimate of drug-likeness (QED) is 0.709. The molecule has 1 aromatic heterocycles. The van der Waals surface area contributed by atoms with Crippen molar-refractivity contribution >= 4 is 17.5 Å². The van der Waals surface area contributed by atoms with Gasteiger partial charge in [0.2, 0.25) is 5.91 Å². The van der Waals surface area contributed by atoms with Gasteiger partial charge >= 0.3 is 0 Å². The molecule has 0 aliphatic carbocycles. The van der Waals surface area contributed by atoms with E-state index < -0.39 is 0 Å². The van der Waals surface area contributed by atoms with Crippen LogP contribution in [-0.2, 0) is 17.9 Å². The van der Waals surface area contributed by atoms with Gasteiger partial charge in [-0.2, -0.15) is 5.26 Å². The fourth-order valence-corrected chi connectivity index (χ4v) is 1.85. The third-order valence-corrected chi connectivity index (χ3v) is 2.70. The maximum absolute atomic E-state index is 11.4. The number of imidazole rings is 1. The van der Waals surface area contributed by atoms with Crippen molar-refractivity contribution in [2.75, 3.05) is 6.54 Å². The SMILES string of the molecule is N#CCC(=O)N1CCn2c(Cl)cnc2C1. The van der Waals surface area contributed by atoms with Crippen LogP contribution in [0.4, 0.5) is 0 Å².